The third-order valence-electron chi connectivity index (χ3n) is 2.59. The molecule has 15 heavy (non-hydrogen) atoms. The monoisotopic (exact) mass is 198 g/mol. The first-order valence-corrected chi connectivity index (χ1v) is 4.82. The Hall–Kier alpha value is -1.96. The number of hydrogen-bond donors (Lipinski definition) is 0. The first-order valence-electron chi connectivity index (χ1n) is 4.82. The predicted molar refractivity (Wildman–Crippen MR) is 59.6 cm³/mol. The van der Waals surface area contributed by atoms with E-state index in [2.05, 4.69) is 18.2 Å². The maximum atomic E-state index is 5.19. The molecular formula is C13H10O2. The van der Waals surface area contributed by atoms with Crippen LogP contribution in [0.15, 0.2) is 42.7 Å². The molecule has 1 heterocycles. The fraction of sp³-hybridized carbons (Fsp3) is 0.0769. The lowest BCUT2D eigenvalue weighted by Gasteiger charge is -2.04. The van der Waals surface area contributed by atoms with E-state index in [0.29, 0.717) is 0 Å². The molecule has 0 saturated carbocycles. The lowest BCUT2D eigenvalue weighted by molar-refractivity contribution is 0.415. The lowest BCUT2D eigenvalue weighted by atomic mass is 10.0. The zero-order valence-electron chi connectivity index (χ0n) is 8.36. The number of ether oxygens (including phenoxy) is 2. The first-order chi connectivity index (χ1) is 7.38. The molecule has 2 aromatic rings. The summed E-state index contributed by atoms with van der Waals surface area (Å²) in [5.74, 6) is 1.84. The molecule has 0 fully saturated rings. The van der Waals surface area contributed by atoms with Crippen LogP contribution in [0, 0.1) is 0 Å². The summed E-state index contributed by atoms with van der Waals surface area (Å²) in [6.07, 6.45) is 1.76. The predicted octanol–water partition coefficient (Wildman–Crippen LogP) is 3.18. The van der Waals surface area contributed by atoms with E-state index < -0.39 is 0 Å². The molecule has 0 aromatic heterocycles. The van der Waals surface area contributed by atoms with E-state index in [1.165, 1.54) is 10.8 Å². The van der Waals surface area contributed by atoms with Gasteiger partial charge in [0, 0.05) is 5.56 Å². The second kappa shape index (κ2) is 3.02. The Morgan fingerprint density at radius 2 is 2.00 bits per heavy atom. The SMILES string of the molecule is COc1ccc2c(C3=CO3)cccc2c1. The first kappa shape index (κ1) is 8.36. The number of rotatable bonds is 2. The highest BCUT2D eigenvalue weighted by Crippen LogP contribution is 2.33. The van der Waals surface area contributed by atoms with E-state index in [0.717, 1.165) is 17.1 Å². The lowest BCUT2D eigenvalue weighted by Crippen LogP contribution is -1.84. The van der Waals surface area contributed by atoms with Gasteiger partial charge in [0.15, 0.2) is 5.76 Å². The summed E-state index contributed by atoms with van der Waals surface area (Å²) in [7, 11) is 1.68. The van der Waals surface area contributed by atoms with Gasteiger partial charge in [0.05, 0.1) is 7.11 Å². The highest BCUT2D eigenvalue weighted by atomic mass is 16.5. The molecule has 1 aliphatic heterocycles. The topological polar surface area (TPSA) is 21.8 Å². The number of benzene rings is 2. The molecular weight excluding hydrogens is 188 g/mol. The molecule has 0 radical (unpaired) electrons. The van der Waals surface area contributed by atoms with Crippen LogP contribution in [0.5, 0.6) is 5.75 Å². The smallest absolute Gasteiger partial charge is 0.169 e. The normalized spacial score (nSPS) is 13.3. The highest BCUT2D eigenvalue weighted by molar-refractivity contribution is 5.94. The summed E-state index contributed by atoms with van der Waals surface area (Å²) in [6, 6.07) is 12.2. The zero-order valence-corrected chi connectivity index (χ0v) is 8.36. The molecule has 0 spiro atoms. The second-order valence-corrected chi connectivity index (χ2v) is 3.49. The zero-order chi connectivity index (χ0) is 10.3. The van der Waals surface area contributed by atoms with E-state index >= 15 is 0 Å². The molecule has 0 N–H and O–H groups in total. The average Bonchev–Trinajstić information content (AvgIpc) is 3.11. The van der Waals surface area contributed by atoms with E-state index in [9.17, 15) is 0 Å². The van der Waals surface area contributed by atoms with Crippen LogP contribution >= 0.6 is 0 Å². The van der Waals surface area contributed by atoms with Crippen molar-refractivity contribution in [2.45, 2.75) is 0 Å². The van der Waals surface area contributed by atoms with Crippen molar-refractivity contribution in [3.8, 4) is 5.75 Å². The fourth-order valence-corrected chi connectivity index (χ4v) is 1.76. The van der Waals surface area contributed by atoms with E-state index in [-0.39, 0.29) is 0 Å². The Bertz CT molecular complexity index is 555. The van der Waals surface area contributed by atoms with Crippen LogP contribution in [0.3, 0.4) is 0 Å². The van der Waals surface area contributed by atoms with E-state index in [1.807, 2.05) is 18.2 Å². The Morgan fingerprint density at radius 1 is 1.13 bits per heavy atom. The summed E-state index contributed by atoms with van der Waals surface area (Å²) in [6.45, 7) is 0. The van der Waals surface area contributed by atoms with E-state index in [1.54, 1.807) is 13.4 Å². The summed E-state index contributed by atoms with van der Waals surface area (Å²) in [4.78, 5) is 0. The van der Waals surface area contributed by atoms with Crippen molar-refractivity contribution >= 4 is 16.5 Å². The fourth-order valence-electron chi connectivity index (χ4n) is 1.76. The van der Waals surface area contributed by atoms with Gasteiger partial charge in [-0.25, -0.2) is 0 Å². The van der Waals surface area contributed by atoms with Gasteiger partial charge in [-0.3, -0.25) is 0 Å². The van der Waals surface area contributed by atoms with Gasteiger partial charge in [-0.2, -0.15) is 0 Å². The van der Waals surface area contributed by atoms with Crippen molar-refractivity contribution in [2.24, 2.45) is 0 Å². The van der Waals surface area contributed by atoms with Gasteiger partial charge in [-0.05, 0) is 29.0 Å². The molecule has 0 unspecified atom stereocenters. The Balaban J connectivity index is 2.26. The highest BCUT2D eigenvalue weighted by Gasteiger charge is 2.15. The molecule has 0 bridgehead atoms. The largest absolute Gasteiger partial charge is 0.497 e. The molecule has 0 amide bonds. The molecule has 2 heteroatoms. The van der Waals surface area contributed by atoms with Crippen molar-refractivity contribution in [2.75, 3.05) is 7.11 Å². The minimum Gasteiger partial charge on any atom is -0.497 e. The molecule has 0 atom stereocenters. The third kappa shape index (κ3) is 1.34. The molecule has 0 aliphatic carbocycles. The number of hydrogen-bond acceptors (Lipinski definition) is 2. The van der Waals surface area contributed by atoms with Gasteiger partial charge < -0.3 is 9.47 Å². The van der Waals surface area contributed by atoms with Gasteiger partial charge >= 0.3 is 0 Å². The Kier molecular flexibility index (Phi) is 1.68. The minimum absolute atomic E-state index is 0.880. The van der Waals surface area contributed by atoms with Gasteiger partial charge in [0.25, 0.3) is 0 Å². The van der Waals surface area contributed by atoms with Crippen LogP contribution in [-0.4, -0.2) is 7.11 Å². The molecule has 3 rings (SSSR count). The van der Waals surface area contributed by atoms with Gasteiger partial charge in [0.2, 0.25) is 0 Å². The molecule has 74 valence electrons. The average molecular weight is 198 g/mol. The summed E-state index contributed by atoms with van der Waals surface area (Å²) >= 11 is 0. The molecule has 1 aliphatic rings. The van der Waals surface area contributed by atoms with Crippen molar-refractivity contribution in [3.63, 3.8) is 0 Å². The number of fused-ring (bicyclic) bond motifs is 1. The standard InChI is InChI=1S/C13H10O2/c1-14-10-5-6-11-9(7-10)3-2-4-12(11)13-8-15-13/h2-8H,1H3. The second-order valence-electron chi connectivity index (χ2n) is 3.49. The van der Waals surface area contributed by atoms with Gasteiger partial charge in [-0.15, -0.1) is 0 Å². The molecule has 2 aromatic carbocycles. The minimum atomic E-state index is 0.880. The summed E-state index contributed by atoms with van der Waals surface area (Å²) < 4.78 is 10.3. The molecule has 0 saturated heterocycles. The van der Waals surface area contributed by atoms with Crippen LogP contribution in [0.2, 0.25) is 0 Å². The van der Waals surface area contributed by atoms with Crippen molar-refractivity contribution in [1.29, 1.82) is 0 Å². The Morgan fingerprint density at radius 3 is 2.73 bits per heavy atom. The summed E-state index contributed by atoms with van der Waals surface area (Å²) in [5.41, 5.74) is 1.15. The third-order valence-corrected chi connectivity index (χ3v) is 2.59. The Labute approximate surface area is 87.7 Å². The maximum absolute atomic E-state index is 5.19. The van der Waals surface area contributed by atoms with Crippen LogP contribution in [0.1, 0.15) is 5.56 Å². The van der Waals surface area contributed by atoms with Crippen molar-refractivity contribution < 1.29 is 9.47 Å². The van der Waals surface area contributed by atoms with Crippen LogP contribution < -0.4 is 4.74 Å². The van der Waals surface area contributed by atoms with Crippen LogP contribution in [0.25, 0.3) is 16.5 Å². The number of methoxy groups -OCH3 is 1. The maximum Gasteiger partial charge on any atom is 0.169 e. The molecule has 2 nitrogen and oxygen atoms in total. The summed E-state index contributed by atoms with van der Waals surface area (Å²) in [5, 5.41) is 2.37. The van der Waals surface area contributed by atoms with Crippen LogP contribution in [-0.2, 0) is 4.74 Å². The van der Waals surface area contributed by atoms with Crippen molar-refractivity contribution in [3.05, 3.63) is 48.2 Å². The van der Waals surface area contributed by atoms with Crippen molar-refractivity contribution in [1.82, 2.24) is 0 Å². The van der Waals surface area contributed by atoms with Gasteiger partial charge in [-0.1, -0.05) is 18.2 Å². The van der Waals surface area contributed by atoms with Crippen LogP contribution in [0.4, 0.5) is 0 Å². The van der Waals surface area contributed by atoms with Gasteiger partial charge in [0.1, 0.15) is 12.0 Å². The van der Waals surface area contributed by atoms with E-state index in [4.69, 9.17) is 9.47 Å². The quantitative estimate of drug-likeness (QED) is 0.739.